The third-order valence-electron chi connectivity index (χ3n) is 2.10. The van der Waals surface area contributed by atoms with Crippen LogP contribution in [0.25, 0.3) is 0 Å². The van der Waals surface area contributed by atoms with E-state index >= 15 is 0 Å². The molecule has 0 aliphatic heterocycles. The smallest absolute Gasteiger partial charge is 0.175 e. The summed E-state index contributed by atoms with van der Waals surface area (Å²) >= 11 is 4.93. The third-order valence-corrected chi connectivity index (χ3v) is 5.17. The van der Waals surface area contributed by atoms with Gasteiger partial charge in [-0.25, -0.2) is 0 Å². The van der Waals surface area contributed by atoms with Gasteiger partial charge in [0.25, 0.3) is 0 Å². The monoisotopic (exact) mass is 298 g/mol. The second-order valence-electron chi connectivity index (χ2n) is 3.39. The first-order valence-corrected chi connectivity index (χ1v) is 8.53. The molecule has 0 saturated heterocycles. The zero-order chi connectivity index (χ0) is 12.8. The van der Waals surface area contributed by atoms with E-state index in [9.17, 15) is 0 Å². The van der Waals surface area contributed by atoms with Crippen LogP contribution in [-0.2, 0) is 5.75 Å². The van der Waals surface area contributed by atoms with E-state index in [2.05, 4.69) is 33.5 Å². The van der Waals surface area contributed by atoms with Crippen LogP contribution in [0.4, 0.5) is 5.69 Å². The number of hydrogen-bond donors (Lipinski definition) is 1. The van der Waals surface area contributed by atoms with E-state index in [-0.39, 0.29) is 0 Å². The molecule has 0 aliphatic carbocycles. The van der Waals surface area contributed by atoms with Gasteiger partial charge in [-0.2, -0.15) is 0 Å². The Kier molecular flexibility index (Phi) is 5.27. The van der Waals surface area contributed by atoms with Crippen LogP contribution in [0.2, 0.25) is 0 Å². The average molecular weight is 298 g/mol. The highest BCUT2D eigenvalue weighted by Gasteiger charge is 2.05. The van der Waals surface area contributed by atoms with Gasteiger partial charge in [0.15, 0.2) is 8.68 Å². The molecule has 0 amide bonds. The lowest BCUT2D eigenvalue weighted by Crippen LogP contribution is -1.97. The summed E-state index contributed by atoms with van der Waals surface area (Å²) in [4.78, 5) is 4.35. The SMILES string of the molecule is CCNc1ccnc(CSc2nnc(SC)s2)c1. The van der Waals surface area contributed by atoms with Crippen LogP contribution >= 0.6 is 34.9 Å². The fourth-order valence-corrected chi connectivity index (χ4v) is 3.69. The van der Waals surface area contributed by atoms with Gasteiger partial charge >= 0.3 is 0 Å². The lowest BCUT2D eigenvalue weighted by molar-refractivity contribution is 0.955. The number of nitrogens with one attached hydrogen (secondary N) is 1. The van der Waals surface area contributed by atoms with Gasteiger partial charge in [-0.1, -0.05) is 34.9 Å². The Bertz CT molecular complexity index is 501. The second kappa shape index (κ2) is 6.96. The summed E-state index contributed by atoms with van der Waals surface area (Å²) in [6.45, 7) is 3.00. The summed E-state index contributed by atoms with van der Waals surface area (Å²) in [7, 11) is 0. The van der Waals surface area contributed by atoms with Gasteiger partial charge in [0, 0.05) is 24.2 Å². The van der Waals surface area contributed by atoms with Gasteiger partial charge < -0.3 is 5.32 Å². The standard InChI is InChI=1S/C11H14N4S3/c1-3-12-8-4-5-13-9(6-8)7-17-11-15-14-10(16-2)18-11/h4-6H,3,7H2,1-2H3,(H,12,13). The minimum atomic E-state index is 0.822. The molecule has 0 aliphatic rings. The summed E-state index contributed by atoms with van der Waals surface area (Å²) in [5, 5.41) is 11.5. The number of hydrogen-bond acceptors (Lipinski definition) is 7. The normalized spacial score (nSPS) is 10.6. The van der Waals surface area contributed by atoms with Gasteiger partial charge in [-0.05, 0) is 25.3 Å². The van der Waals surface area contributed by atoms with E-state index in [4.69, 9.17) is 0 Å². The number of nitrogens with zero attached hydrogens (tertiary/aromatic N) is 3. The average Bonchev–Trinajstić information content (AvgIpc) is 2.85. The number of anilines is 1. The highest BCUT2D eigenvalue weighted by molar-refractivity contribution is 8.02. The second-order valence-corrected chi connectivity index (χ2v) is 6.65. The predicted octanol–water partition coefficient (Wildman–Crippen LogP) is 3.38. The molecule has 4 nitrogen and oxygen atoms in total. The Morgan fingerprint density at radius 3 is 2.89 bits per heavy atom. The quantitative estimate of drug-likeness (QED) is 0.825. The maximum absolute atomic E-state index is 4.35. The summed E-state index contributed by atoms with van der Waals surface area (Å²) in [6, 6.07) is 4.06. The van der Waals surface area contributed by atoms with Crippen molar-refractivity contribution in [2.75, 3.05) is 18.1 Å². The Labute approximate surface area is 119 Å². The molecular weight excluding hydrogens is 284 g/mol. The molecule has 2 heterocycles. The van der Waals surface area contributed by atoms with Crippen LogP contribution in [0.5, 0.6) is 0 Å². The number of pyridine rings is 1. The Hall–Kier alpha value is -0.790. The Balaban J connectivity index is 1.94. The van der Waals surface area contributed by atoms with E-state index in [0.29, 0.717) is 0 Å². The van der Waals surface area contributed by atoms with Crippen molar-refractivity contribution in [1.82, 2.24) is 15.2 Å². The van der Waals surface area contributed by atoms with Gasteiger partial charge in [0.05, 0.1) is 5.69 Å². The molecule has 18 heavy (non-hydrogen) atoms. The summed E-state index contributed by atoms with van der Waals surface area (Å²) in [5.41, 5.74) is 2.17. The van der Waals surface area contributed by atoms with Crippen molar-refractivity contribution >= 4 is 40.5 Å². The first-order chi connectivity index (χ1) is 8.81. The molecule has 96 valence electrons. The Morgan fingerprint density at radius 2 is 2.17 bits per heavy atom. The zero-order valence-electron chi connectivity index (χ0n) is 10.2. The van der Waals surface area contributed by atoms with E-state index < -0.39 is 0 Å². The maximum Gasteiger partial charge on any atom is 0.175 e. The summed E-state index contributed by atoms with van der Waals surface area (Å²) in [5.74, 6) is 0.822. The molecule has 2 aromatic rings. The lowest BCUT2D eigenvalue weighted by atomic mass is 10.3. The highest BCUT2D eigenvalue weighted by atomic mass is 32.2. The van der Waals surface area contributed by atoms with Crippen LogP contribution in [0, 0.1) is 0 Å². The fourth-order valence-electron chi connectivity index (χ4n) is 1.34. The highest BCUT2D eigenvalue weighted by Crippen LogP contribution is 2.29. The van der Waals surface area contributed by atoms with Crippen LogP contribution in [-0.4, -0.2) is 28.0 Å². The largest absolute Gasteiger partial charge is 0.385 e. The number of rotatable bonds is 6. The first-order valence-electron chi connectivity index (χ1n) is 5.51. The van der Waals surface area contributed by atoms with Crippen molar-refractivity contribution in [3.05, 3.63) is 24.0 Å². The van der Waals surface area contributed by atoms with Crippen molar-refractivity contribution in [1.29, 1.82) is 0 Å². The number of aromatic nitrogens is 3. The molecule has 1 N–H and O–H groups in total. The van der Waals surface area contributed by atoms with Crippen molar-refractivity contribution in [3.63, 3.8) is 0 Å². The molecule has 0 spiro atoms. The van der Waals surface area contributed by atoms with Gasteiger partial charge in [0.1, 0.15) is 0 Å². The minimum absolute atomic E-state index is 0.822. The topological polar surface area (TPSA) is 50.7 Å². The minimum Gasteiger partial charge on any atom is -0.385 e. The zero-order valence-corrected chi connectivity index (χ0v) is 12.7. The molecular formula is C11H14N4S3. The molecule has 0 fully saturated rings. The maximum atomic E-state index is 4.35. The molecule has 0 bridgehead atoms. The van der Waals surface area contributed by atoms with Crippen LogP contribution in [0.1, 0.15) is 12.6 Å². The molecule has 0 aromatic carbocycles. The van der Waals surface area contributed by atoms with Crippen molar-refractivity contribution in [2.45, 2.75) is 21.4 Å². The molecule has 0 saturated carbocycles. The molecule has 7 heteroatoms. The van der Waals surface area contributed by atoms with Crippen molar-refractivity contribution in [2.24, 2.45) is 0 Å². The van der Waals surface area contributed by atoms with Crippen LogP contribution in [0.3, 0.4) is 0 Å². The van der Waals surface area contributed by atoms with Crippen molar-refractivity contribution < 1.29 is 0 Å². The molecule has 2 aromatic heterocycles. The molecule has 2 rings (SSSR count). The fraction of sp³-hybridized carbons (Fsp3) is 0.364. The van der Waals surface area contributed by atoms with Crippen LogP contribution in [0.15, 0.2) is 27.0 Å². The lowest BCUT2D eigenvalue weighted by Gasteiger charge is -2.04. The Morgan fingerprint density at radius 1 is 1.33 bits per heavy atom. The molecule has 0 radical (unpaired) electrons. The summed E-state index contributed by atoms with van der Waals surface area (Å²) in [6.07, 6.45) is 3.84. The molecule has 0 atom stereocenters. The first kappa shape index (κ1) is 13.6. The molecule has 0 unspecified atom stereocenters. The third kappa shape index (κ3) is 3.86. The predicted molar refractivity (Wildman–Crippen MR) is 79.7 cm³/mol. The van der Waals surface area contributed by atoms with Crippen LogP contribution < -0.4 is 5.32 Å². The van der Waals surface area contributed by atoms with E-state index in [1.54, 1.807) is 34.9 Å². The number of thioether (sulfide) groups is 2. The van der Waals surface area contributed by atoms with Gasteiger partial charge in [-0.15, -0.1) is 10.2 Å². The van der Waals surface area contributed by atoms with E-state index in [1.807, 2.05) is 18.5 Å². The van der Waals surface area contributed by atoms with E-state index in [0.717, 1.165) is 32.4 Å². The van der Waals surface area contributed by atoms with Crippen molar-refractivity contribution in [3.8, 4) is 0 Å². The summed E-state index contributed by atoms with van der Waals surface area (Å²) < 4.78 is 2.00. The van der Waals surface area contributed by atoms with Gasteiger partial charge in [0.2, 0.25) is 0 Å². The van der Waals surface area contributed by atoms with E-state index in [1.165, 1.54) is 0 Å². The van der Waals surface area contributed by atoms with Gasteiger partial charge in [-0.3, -0.25) is 4.98 Å².